The predicted molar refractivity (Wildman–Crippen MR) is 82.3 cm³/mol. The zero-order valence-electron chi connectivity index (χ0n) is 13.6. The standard InChI is InChI=1S/C17H26O4/c1-12(2)17(19,16(18)21-5)13(3)6-7-14-8-10-15(20-4)11-9-14/h8-13,19H,6-7H2,1-5H3. The molecule has 118 valence electrons. The molecule has 1 N–H and O–H groups in total. The fraction of sp³-hybridized carbons (Fsp3) is 0.588. The number of hydrogen-bond acceptors (Lipinski definition) is 4. The summed E-state index contributed by atoms with van der Waals surface area (Å²) in [5, 5.41) is 10.7. The van der Waals surface area contributed by atoms with Crippen molar-refractivity contribution in [1.82, 2.24) is 0 Å². The second kappa shape index (κ2) is 7.46. The molecule has 0 saturated heterocycles. The molecule has 0 saturated carbocycles. The van der Waals surface area contributed by atoms with E-state index in [2.05, 4.69) is 0 Å². The first-order chi connectivity index (χ1) is 9.86. The molecule has 0 amide bonds. The fourth-order valence-electron chi connectivity index (χ4n) is 2.56. The summed E-state index contributed by atoms with van der Waals surface area (Å²) in [7, 11) is 2.95. The zero-order chi connectivity index (χ0) is 16.0. The van der Waals surface area contributed by atoms with E-state index < -0.39 is 11.6 Å². The summed E-state index contributed by atoms with van der Waals surface area (Å²) >= 11 is 0. The highest BCUT2D eigenvalue weighted by atomic mass is 16.5. The van der Waals surface area contributed by atoms with E-state index in [4.69, 9.17) is 9.47 Å². The van der Waals surface area contributed by atoms with E-state index in [0.29, 0.717) is 6.42 Å². The minimum Gasteiger partial charge on any atom is -0.497 e. The molecule has 0 aliphatic rings. The maximum absolute atomic E-state index is 11.9. The van der Waals surface area contributed by atoms with Gasteiger partial charge in [-0.15, -0.1) is 0 Å². The molecule has 0 bridgehead atoms. The molecule has 21 heavy (non-hydrogen) atoms. The summed E-state index contributed by atoms with van der Waals surface area (Å²) in [5.41, 5.74) is -0.292. The van der Waals surface area contributed by atoms with Gasteiger partial charge in [0.2, 0.25) is 0 Å². The Bertz CT molecular complexity index is 452. The first kappa shape index (κ1) is 17.5. The van der Waals surface area contributed by atoms with Crippen LogP contribution in [0.25, 0.3) is 0 Å². The van der Waals surface area contributed by atoms with Crippen LogP contribution >= 0.6 is 0 Å². The van der Waals surface area contributed by atoms with E-state index in [0.717, 1.165) is 17.7 Å². The smallest absolute Gasteiger partial charge is 0.338 e. The molecule has 2 unspecified atom stereocenters. The van der Waals surface area contributed by atoms with Gasteiger partial charge in [0.25, 0.3) is 0 Å². The third kappa shape index (κ3) is 3.97. The van der Waals surface area contributed by atoms with Crippen molar-refractivity contribution in [2.75, 3.05) is 14.2 Å². The first-order valence-corrected chi connectivity index (χ1v) is 7.30. The highest BCUT2D eigenvalue weighted by Gasteiger charge is 2.45. The zero-order valence-corrected chi connectivity index (χ0v) is 13.6. The molecule has 2 atom stereocenters. The van der Waals surface area contributed by atoms with Gasteiger partial charge >= 0.3 is 5.97 Å². The van der Waals surface area contributed by atoms with Crippen molar-refractivity contribution in [3.05, 3.63) is 29.8 Å². The Kier molecular flexibility index (Phi) is 6.21. The van der Waals surface area contributed by atoms with Crippen LogP contribution in [0.3, 0.4) is 0 Å². The summed E-state index contributed by atoms with van der Waals surface area (Å²) < 4.78 is 9.90. The van der Waals surface area contributed by atoms with Crippen LogP contribution in [-0.4, -0.2) is 30.9 Å². The monoisotopic (exact) mass is 294 g/mol. The van der Waals surface area contributed by atoms with Crippen LogP contribution in [0.1, 0.15) is 32.8 Å². The lowest BCUT2D eigenvalue weighted by atomic mass is 9.77. The number of aryl methyl sites for hydroxylation is 1. The number of aliphatic hydroxyl groups is 1. The molecule has 1 aromatic rings. The van der Waals surface area contributed by atoms with E-state index in [9.17, 15) is 9.90 Å². The molecule has 1 rings (SSSR count). The lowest BCUT2D eigenvalue weighted by molar-refractivity contribution is -0.175. The molecule has 0 aliphatic carbocycles. The van der Waals surface area contributed by atoms with E-state index in [1.54, 1.807) is 7.11 Å². The van der Waals surface area contributed by atoms with Gasteiger partial charge < -0.3 is 14.6 Å². The number of benzene rings is 1. The van der Waals surface area contributed by atoms with Crippen molar-refractivity contribution < 1.29 is 19.4 Å². The van der Waals surface area contributed by atoms with Crippen molar-refractivity contribution in [3.63, 3.8) is 0 Å². The van der Waals surface area contributed by atoms with Gasteiger partial charge in [-0.25, -0.2) is 4.79 Å². The lowest BCUT2D eigenvalue weighted by Gasteiger charge is -2.35. The first-order valence-electron chi connectivity index (χ1n) is 7.30. The molecule has 0 aliphatic heterocycles. The van der Waals surface area contributed by atoms with E-state index in [1.807, 2.05) is 45.0 Å². The van der Waals surface area contributed by atoms with Crippen molar-refractivity contribution in [1.29, 1.82) is 0 Å². The molecule has 0 aromatic heterocycles. The van der Waals surface area contributed by atoms with Crippen LogP contribution in [-0.2, 0) is 16.0 Å². The highest BCUT2D eigenvalue weighted by molar-refractivity contribution is 5.79. The Morgan fingerprint density at radius 2 is 1.76 bits per heavy atom. The number of esters is 1. The van der Waals surface area contributed by atoms with Crippen LogP contribution in [0.15, 0.2) is 24.3 Å². The summed E-state index contributed by atoms with van der Waals surface area (Å²) in [6.07, 6.45) is 1.49. The maximum atomic E-state index is 11.9. The molecule has 0 radical (unpaired) electrons. The average Bonchev–Trinajstić information content (AvgIpc) is 2.50. The second-order valence-electron chi connectivity index (χ2n) is 5.76. The van der Waals surface area contributed by atoms with Crippen molar-refractivity contribution >= 4 is 5.97 Å². The Morgan fingerprint density at radius 3 is 2.19 bits per heavy atom. The van der Waals surface area contributed by atoms with Gasteiger partial charge in [-0.1, -0.05) is 32.9 Å². The second-order valence-corrected chi connectivity index (χ2v) is 5.76. The van der Waals surface area contributed by atoms with Gasteiger partial charge in [0.15, 0.2) is 5.60 Å². The quantitative estimate of drug-likeness (QED) is 0.786. The van der Waals surface area contributed by atoms with Crippen LogP contribution < -0.4 is 4.74 Å². The van der Waals surface area contributed by atoms with Crippen molar-refractivity contribution in [2.45, 2.75) is 39.2 Å². The molecule has 4 nitrogen and oxygen atoms in total. The Labute approximate surface area is 127 Å². The average molecular weight is 294 g/mol. The van der Waals surface area contributed by atoms with Gasteiger partial charge in [-0.3, -0.25) is 0 Å². The number of carbonyl (C=O) groups excluding carboxylic acids is 1. The van der Waals surface area contributed by atoms with Crippen molar-refractivity contribution in [2.24, 2.45) is 11.8 Å². The van der Waals surface area contributed by atoms with E-state index in [1.165, 1.54) is 7.11 Å². The van der Waals surface area contributed by atoms with Crippen LogP contribution in [0, 0.1) is 11.8 Å². The van der Waals surface area contributed by atoms with Crippen LogP contribution in [0.4, 0.5) is 0 Å². The number of rotatable bonds is 7. The van der Waals surface area contributed by atoms with Gasteiger partial charge in [-0.2, -0.15) is 0 Å². The van der Waals surface area contributed by atoms with Gasteiger partial charge in [0.05, 0.1) is 14.2 Å². The van der Waals surface area contributed by atoms with E-state index >= 15 is 0 Å². The number of carbonyl (C=O) groups is 1. The van der Waals surface area contributed by atoms with Gasteiger partial charge in [-0.05, 0) is 42.4 Å². The molecular weight excluding hydrogens is 268 g/mol. The molecule has 0 spiro atoms. The number of methoxy groups -OCH3 is 2. The lowest BCUT2D eigenvalue weighted by Crippen LogP contribution is -2.50. The SMILES string of the molecule is COC(=O)C(O)(C(C)C)C(C)CCc1ccc(OC)cc1. The minimum atomic E-state index is -1.44. The third-order valence-electron chi connectivity index (χ3n) is 4.17. The molecule has 4 heteroatoms. The summed E-state index contributed by atoms with van der Waals surface area (Å²) in [5.74, 6) is -0.123. The predicted octanol–water partition coefficient (Wildman–Crippen LogP) is 2.82. The Morgan fingerprint density at radius 1 is 1.19 bits per heavy atom. The Balaban J connectivity index is 2.73. The van der Waals surface area contributed by atoms with E-state index in [-0.39, 0.29) is 11.8 Å². The van der Waals surface area contributed by atoms with Gasteiger partial charge in [0.1, 0.15) is 5.75 Å². The fourth-order valence-corrected chi connectivity index (χ4v) is 2.56. The molecule has 1 aromatic carbocycles. The normalized spacial score (nSPS) is 15.4. The largest absolute Gasteiger partial charge is 0.497 e. The maximum Gasteiger partial charge on any atom is 0.338 e. The van der Waals surface area contributed by atoms with Gasteiger partial charge in [0, 0.05) is 0 Å². The highest BCUT2D eigenvalue weighted by Crippen LogP contribution is 2.31. The summed E-state index contributed by atoms with van der Waals surface area (Å²) in [6, 6.07) is 7.82. The number of ether oxygens (including phenoxy) is 2. The molecular formula is C17H26O4. The number of hydrogen-bond donors (Lipinski definition) is 1. The molecule has 0 heterocycles. The topological polar surface area (TPSA) is 55.8 Å². The van der Waals surface area contributed by atoms with Crippen LogP contribution in [0.2, 0.25) is 0 Å². The Hall–Kier alpha value is -1.55. The summed E-state index contributed by atoms with van der Waals surface area (Å²) in [4.78, 5) is 11.9. The molecule has 0 fully saturated rings. The third-order valence-corrected chi connectivity index (χ3v) is 4.17. The minimum absolute atomic E-state index is 0.188. The summed E-state index contributed by atoms with van der Waals surface area (Å²) in [6.45, 7) is 5.56. The van der Waals surface area contributed by atoms with Crippen molar-refractivity contribution in [3.8, 4) is 5.75 Å². The van der Waals surface area contributed by atoms with Crippen LogP contribution in [0.5, 0.6) is 5.75 Å².